The van der Waals surface area contributed by atoms with E-state index in [1.165, 1.54) is 18.9 Å². The van der Waals surface area contributed by atoms with Crippen LogP contribution in [0.15, 0.2) is 0 Å². The van der Waals surface area contributed by atoms with E-state index in [0.717, 1.165) is 0 Å². The number of hydrogen-bond acceptors (Lipinski definition) is 10. The summed E-state index contributed by atoms with van der Waals surface area (Å²) in [6, 6.07) is -0.866. The first kappa shape index (κ1) is 32.1. The van der Waals surface area contributed by atoms with Gasteiger partial charge >= 0.3 is 5.97 Å². The number of carbonyl (C=O) groups is 3. The standard InChI is InChI=1S/C21H41N3O10/c1-18(21(27)28)24(2)20(26)3-5-29-7-9-31-11-13-33-15-16-34-14-12-32-10-8-30-6-4-23-19(25)17-22/h18H,3-17,22H2,1-2H3,(H,23,25)(H,27,28)/t18-/m0/s1. The Morgan fingerprint density at radius 3 is 1.53 bits per heavy atom. The van der Waals surface area contributed by atoms with E-state index in [1.54, 1.807) is 0 Å². The largest absolute Gasteiger partial charge is 0.480 e. The molecule has 0 aliphatic heterocycles. The average molecular weight is 496 g/mol. The number of nitrogens with one attached hydrogen (secondary N) is 1. The zero-order valence-corrected chi connectivity index (χ0v) is 20.3. The molecule has 0 fully saturated rings. The van der Waals surface area contributed by atoms with E-state index in [1.807, 2.05) is 0 Å². The van der Waals surface area contributed by atoms with E-state index < -0.39 is 12.0 Å². The van der Waals surface area contributed by atoms with Gasteiger partial charge in [-0.05, 0) is 6.92 Å². The van der Waals surface area contributed by atoms with Crippen LogP contribution in [0.4, 0.5) is 0 Å². The van der Waals surface area contributed by atoms with Crippen LogP contribution in [0.1, 0.15) is 13.3 Å². The number of carbonyl (C=O) groups excluding carboxylic acids is 2. The molecule has 4 N–H and O–H groups in total. The van der Waals surface area contributed by atoms with Crippen LogP contribution in [0.2, 0.25) is 0 Å². The number of rotatable bonds is 24. The van der Waals surface area contributed by atoms with E-state index in [4.69, 9.17) is 39.3 Å². The predicted octanol–water partition coefficient (Wildman–Crippen LogP) is -1.52. The Balaban J connectivity index is 3.24. The van der Waals surface area contributed by atoms with Crippen molar-refractivity contribution in [3.05, 3.63) is 0 Å². The zero-order valence-electron chi connectivity index (χ0n) is 20.3. The summed E-state index contributed by atoms with van der Waals surface area (Å²) in [6.07, 6.45) is 0.118. The van der Waals surface area contributed by atoms with E-state index in [9.17, 15) is 14.4 Å². The highest BCUT2D eigenvalue weighted by Gasteiger charge is 2.20. The van der Waals surface area contributed by atoms with Crippen LogP contribution in [0.25, 0.3) is 0 Å². The highest BCUT2D eigenvalue weighted by atomic mass is 16.6. The molecular weight excluding hydrogens is 454 g/mol. The number of carboxylic acid groups (broad SMARTS) is 1. The normalized spacial score (nSPS) is 11.9. The molecule has 0 aliphatic rings. The van der Waals surface area contributed by atoms with E-state index in [2.05, 4.69) is 5.32 Å². The lowest BCUT2D eigenvalue weighted by Gasteiger charge is -2.21. The van der Waals surface area contributed by atoms with Crippen molar-refractivity contribution in [2.45, 2.75) is 19.4 Å². The number of ether oxygens (including phenoxy) is 6. The van der Waals surface area contributed by atoms with Crippen molar-refractivity contribution >= 4 is 17.8 Å². The Bertz CT molecular complexity index is 539. The fourth-order valence-corrected chi connectivity index (χ4v) is 2.25. The number of likely N-dealkylation sites (N-methyl/N-ethyl adjacent to an activating group) is 1. The second-order valence-electron chi connectivity index (χ2n) is 7.00. The summed E-state index contributed by atoms with van der Waals surface area (Å²) < 4.78 is 32.1. The van der Waals surface area contributed by atoms with Crippen molar-refractivity contribution in [3.8, 4) is 0 Å². The molecule has 34 heavy (non-hydrogen) atoms. The summed E-state index contributed by atoms with van der Waals surface area (Å²) in [6.45, 7) is 6.72. The topological polar surface area (TPSA) is 168 Å². The van der Waals surface area contributed by atoms with Crippen molar-refractivity contribution in [1.82, 2.24) is 10.2 Å². The smallest absolute Gasteiger partial charge is 0.326 e. The van der Waals surface area contributed by atoms with Gasteiger partial charge in [-0.1, -0.05) is 0 Å². The van der Waals surface area contributed by atoms with Gasteiger partial charge in [0.25, 0.3) is 0 Å². The first-order chi connectivity index (χ1) is 16.4. The molecule has 0 saturated heterocycles. The number of nitrogens with zero attached hydrogens (tertiary/aromatic N) is 1. The van der Waals surface area contributed by atoms with Gasteiger partial charge in [0, 0.05) is 13.6 Å². The van der Waals surface area contributed by atoms with Gasteiger partial charge < -0.3 is 49.5 Å². The van der Waals surface area contributed by atoms with Gasteiger partial charge in [-0.15, -0.1) is 0 Å². The van der Waals surface area contributed by atoms with Crippen molar-refractivity contribution < 1.29 is 47.9 Å². The lowest BCUT2D eigenvalue weighted by atomic mass is 10.3. The van der Waals surface area contributed by atoms with Crippen molar-refractivity contribution in [1.29, 1.82) is 0 Å². The maximum Gasteiger partial charge on any atom is 0.326 e. The van der Waals surface area contributed by atoms with Crippen molar-refractivity contribution in [2.24, 2.45) is 5.73 Å². The lowest BCUT2D eigenvalue weighted by molar-refractivity contribution is -0.148. The summed E-state index contributed by atoms with van der Waals surface area (Å²) in [4.78, 5) is 34.7. The average Bonchev–Trinajstić information content (AvgIpc) is 2.83. The summed E-state index contributed by atoms with van der Waals surface area (Å²) in [5.41, 5.74) is 5.16. The van der Waals surface area contributed by atoms with Gasteiger partial charge in [0.15, 0.2) is 0 Å². The van der Waals surface area contributed by atoms with Crippen LogP contribution in [0.5, 0.6) is 0 Å². The molecule has 0 rings (SSSR count). The Kier molecular flexibility index (Phi) is 21.6. The van der Waals surface area contributed by atoms with Crippen LogP contribution in [-0.2, 0) is 42.8 Å². The molecule has 0 aliphatic carbocycles. The molecule has 13 heteroatoms. The molecule has 0 saturated carbocycles. The molecule has 0 unspecified atom stereocenters. The third-order valence-corrected chi connectivity index (χ3v) is 4.41. The minimum Gasteiger partial charge on any atom is -0.480 e. The molecule has 0 aromatic carbocycles. The van der Waals surface area contributed by atoms with E-state index >= 15 is 0 Å². The third kappa shape index (κ3) is 19.6. The van der Waals surface area contributed by atoms with Gasteiger partial charge in [0.05, 0.1) is 92.2 Å². The van der Waals surface area contributed by atoms with E-state index in [-0.39, 0.29) is 31.4 Å². The molecule has 1 atom stereocenters. The first-order valence-electron chi connectivity index (χ1n) is 11.3. The second-order valence-corrected chi connectivity index (χ2v) is 7.00. The molecule has 200 valence electrons. The van der Waals surface area contributed by atoms with Crippen LogP contribution in [0.3, 0.4) is 0 Å². The summed E-state index contributed by atoms with van der Waals surface area (Å²) >= 11 is 0. The zero-order chi connectivity index (χ0) is 25.4. The molecule has 0 bridgehead atoms. The number of nitrogens with two attached hydrogens (primary N) is 1. The number of carboxylic acids is 1. The van der Waals surface area contributed by atoms with Crippen molar-refractivity contribution in [3.63, 3.8) is 0 Å². The Morgan fingerprint density at radius 2 is 1.15 bits per heavy atom. The molecule has 0 spiro atoms. The first-order valence-corrected chi connectivity index (χ1v) is 11.3. The highest BCUT2D eigenvalue weighted by molar-refractivity contribution is 5.83. The third-order valence-electron chi connectivity index (χ3n) is 4.41. The Morgan fingerprint density at radius 1 is 0.765 bits per heavy atom. The molecule has 13 nitrogen and oxygen atoms in total. The second kappa shape index (κ2) is 22.9. The van der Waals surface area contributed by atoms with Gasteiger partial charge in [-0.3, -0.25) is 9.59 Å². The number of amides is 2. The van der Waals surface area contributed by atoms with Gasteiger partial charge in [-0.25, -0.2) is 4.79 Å². The predicted molar refractivity (Wildman–Crippen MR) is 121 cm³/mol. The number of hydrogen-bond donors (Lipinski definition) is 3. The molecular formula is C21H41N3O10. The molecule has 0 heterocycles. The van der Waals surface area contributed by atoms with Crippen LogP contribution in [-0.4, -0.2) is 133 Å². The van der Waals surface area contributed by atoms with Crippen LogP contribution in [0, 0.1) is 0 Å². The Hall–Kier alpha value is -1.87. The van der Waals surface area contributed by atoms with Gasteiger partial charge in [0.1, 0.15) is 6.04 Å². The monoisotopic (exact) mass is 495 g/mol. The molecule has 0 aromatic rings. The molecule has 0 aromatic heterocycles. The molecule has 2 amide bonds. The fourth-order valence-electron chi connectivity index (χ4n) is 2.25. The van der Waals surface area contributed by atoms with Crippen molar-refractivity contribution in [2.75, 3.05) is 99.4 Å². The molecule has 0 radical (unpaired) electrons. The quantitative estimate of drug-likeness (QED) is 0.133. The fraction of sp³-hybridized carbons (Fsp3) is 0.857. The summed E-state index contributed by atoms with van der Waals surface area (Å²) in [7, 11) is 1.46. The SMILES string of the molecule is C[C@@H](C(=O)O)N(C)C(=O)CCOCCOCCOCCOCCOCCOCCNC(=O)CN. The van der Waals surface area contributed by atoms with Crippen LogP contribution < -0.4 is 11.1 Å². The van der Waals surface area contributed by atoms with Crippen LogP contribution >= 0.6 is 0 Å². The van der Waals surface area contributed by atoms with Gasteiger partial charge in [0.2, 0.25) is 11.8 Å². The highest BCUT2D eigenvalue weighted by Crippen LogP contribution is 1.99. The maximum atomic E-state index is 11.8. The minimum absolute atomic E-state index is 0.0267. The van der Waals surface area contributed by atoms with E-state index in [0.29, 0.717) is 79.2 Å². The minimum atomic E-state index is -1.05. The van der Waals surface area contributed by atoms with Gasteiger partial charge in [-0.2, -0.15) is 0 Å². The lowest BCUT2D eigenvalue weighted by Crippen LogP contribution is -2.40. The summed E-state index contributed by atoms with van der Waals surface area (Å²) in [5, 5.41) is 11.5. The maximum absolute atomic E-state index is 11.8. The number of aliphatic carboxylic acids is 1. The Labute approximate surface area is 201 Å². The summed E-state index contributed by atoms with van der Waals surface area (Å²) in [5.74, 6) is -1.54.